The summed E-state index contributed by atoms with van der Waals surface area (Å²) in [5.41, 5.74) is 0.100. The summed E-state index contributed by atoms with van der Waals surface area (Å²) in [6.45, 7) is 2.88. The first kappa shape index (κ1) is 18.5. The van der Waals surface area contributed by atoms with Crippen LogP contribution < -0.4 is 0 Å². The molecule has 0 aliphatic heterocycles. The molecule has 3 nitrogen and oxygen atoms in total. The van der Waals surface area contributed by atoms with Crippen molar-refractivity contribution in [3.63, 3.8) is 0 Å². The number of ether oxygens (including phenoxy) is 2. The molecule has 20 heavy (non-hydrogen) atoms. The number of alkyl halides is 6. The lowest BCUT2D eigenvalue weighted by Crippen LogP contribution is -2.44. The second-order valence-corrected chi connectivity index (χ2v) is 3.56. The summed E-state index contributed by atoms with van der Waals surface area (Å²) in [4.78, 5) is 11.1. The molecule has 0 saturated carbocycles. The van der Waals surface area contributed by atoms with Gasteiger partial charge in [-0.3, -0.25) is 0 Å². The maximum absolute atomic E-state index is 12.1. The Labute approximate surface area is 110 Å². The number of halogens is 6. The van der Waals surface area contributed by atoms with E-state index in [2.05, 4.69) is 16.1 Å². The number of allylic oxidation sites excluding steroid dienone is 2. The van der Waals surface area contributed by atoms with Crippen molar-refractivity contribution >= 4 is 5.97 Å². The molecule has 0 unspecified atom stereocenters. The van der Waals surface area contributed by atoms with Crippen LogP contribution in [0.4, 0.5) is 26.3 Å². The van der Waals surface area contributed by atoms with Gasteiger partial charge in [0.1, 0.15) is 6.61 Å². The van der Waals surface area contributed by atoms with Crippen LogP contribution in [0.15, 0.2) is 24.3 Å². The molecule has 0 N–H and O–H groups in total. The third-order valence-electron chi connectivity index (χ3n) is 1.89. The Hall–Kier alpha value is -1.51. The van der Waals surface area contributed by atoms with Gasteiger partial charge in [-0.25, -0.2) is 4.79 Å². The van der Waals surface area contributed by atoms with Crippen molar-refractivity contribution in [1.82, 2.24) is 0 Å². The predicted molar refractivity (Wildman–Crippen MR) is 56.8 cm³/mol. The van der Waals surface area contributed by atoms with Crippen molar-refractivity contribution in [1.29, 1.82) is 0 Å². The van der Waals surface area contributed by atoms with Gasteiger partial charge in [-0.05, 0) is 6.92 Å². The third-order valence-corrected chi connectivity index (χ3v) is 1.89. The Morgan fingerprint density at radius 3 is 2.05 bits per heavy atom. The molecule has 0 bridgehead atoms. The Morgan fingerprint density at radius 2 is 1.65 bits per heavy atom. The van der Waals surface area contributed by atoms with Crippen LogP contribution >= 0.6 is 0 Å². The van der Waals surface area contributed by atoms with E-state index in [1.165, 1.54) is 19.1 Å². The summed E-state index contributed by atoms with van der Waals surface area (Å²) >= 11 is 0. The third kappa shape index (κ3) is 6.60. The maximum atomic E-state index is 12.1. The number of esters is 1. The fraction of sp³-hybridized carbons (Fsp3) is 0.545. The van der Waals surface area contributed by atoms with Crippen molar-refractivity contribution in [2.24, 2.45) is 0 Å². The molecular formula is C11H12F6O3. The molecule has 0 amide bonds. The molecule has 0 aromatic carbocycles. The highest BCUT2D eigenvalue weighted by Crippen LogP contribution is 2.35. The lowest BCUT2D eigenvalue weighted by atomic mass is 10.3. The van der Waals surface area contributed by atoms with E-state index in [1.54, 1.807) is 0 Å². The van der Waals surface area contributed by atoms with Gasteiger partial charge < -0.3 is 9.47 Å². The number of hydrogen-bond donors (Lipinski definition) is 0. The molecule has 0 aliphatic rings. The smallest absolute Gasteiger partial charge is 0.423 e. The van der Waals surface area contributed by atoms with Crippen molar-refractivity contribution in [2.45, 2.75) is 25.4 Å². The number of carbonyl (C=O) groups excluding carboxylic acids is 1. The number of hydrogen-bond acceptors (Lipinski definition) is 3. The minimum Gasteiger partial charge on any atom is -0.460 e. The van der Waals surface area contributed by atoms with Gasteiger partial charge in [-0.1, -0.05) is 18.7 Å². The standard InChI is InChI=1S/C11H12F6O3/c1-3-4-7(2)8(18)19-5-6-20-9(10(12,13)14)11(15,16)17/h3-4,9H,1,5-6H2,2H3/b7-4+. The SMILES string of the molecule is C=C/C=C(\C)C(=O)OCCOC(C(F)(F)F)C(F)(F)F. The molecule has 0 aliphatic carbocycles. The average Bonchev–Trinajstić information content (AvgIpc) is 2.25. The molecule has 116 valence electrons. The van der Waals surface area contributed by atoms with Crippen LogP contribution in [0.3, 0.4) is 0 Å². The molecule has 0 rings (SSSR count). The van der Waals surface area contributed by atoms with Crippen molar-refractivity contribution in [3.05, 3.63) is 24.3 Å². The van der Waals surface area contributed by atoms with E-state index in [1.807, 2.05) is 0 Å². The average molecular weight is 306 g/mol. The highest BCUT2D eigenvalue weighted by Gasteiger charge is 2.57. The second kappa shape index (κ2) is 7.32. The minimum absolute atomic E-state index is 0.100. The van der Waals surface area contributed by atoms with Gasteiger partial charge in [0.05, 0.1) is 6.61 Å². The van der Waals surface area contributed by atoms with E-state index in [0.717, 1.165) is 0 Å². The van der Waals surface area contributed by atoms with E-state index >= 15 is 0 Å². The number of rotatable bonds is 6. The van der Waals surface area contributed by atoms with E-state index in [0.29, 0.717) is 0 Å². The van der Waals surface area contributed by atoms with Crippen LogP contribution in [0.25, 0.3) is 0 Å². The lowest BCUT2D eigenvalue weighted by Gasteiger charge is -2.22. The zero-order valence-corrected chi connectivity index (χ0v) is 10.3. The zero-order chi connectivity index (χ0) is 16.0. The van der Waals surface area contributed by atoms with Gasteiger partial charge in [0, 0.05) is 5.57 Å². The van der Waals surface area contributed by atoms with E-state index in [9.17, 15) is 31.1 Å². The van der Waals surface area contributed by atoms with Gasteiger partial charge >= 0.3 is 18.3 Å². The molecular weight excluding hydrogens is 294 g/mol. The molecule has 0 atom stereocenters. The first-order valence-corrected chi connectivity index (χ1v) is 5.21. The number of carbonyl (C=O) groups is 1. The topological polar surface area (TPSA) is 35.5 Å². The minimum atomic E-state index is -5.58. The van der Waals surface area contributed by atoms with E-state index < -0.39 is 37.6 Å². The van der Waals surface area contributed by atoms with Gasteiger partial charge in [-0.2, -0.15) is 26.3 Å². The van der Waals surface area contributed by atoms with Crippen molar-refractivity contribution in [3.8, 4) is 0 Å². The summed E-state index contributed by atoms with van der Waals surface area (Å²) in [7, 11) is 0. The Kier molecular flexibility index (Phi) is 6.77. The first-order valence-electron chi connectivity index (χ1n) is 5.21. The summed E-state index contributed by atoms with van der Waals surface area (Å²) < 4.78 is 80.5. The maximum Gasteiger partial charge on any atom is 0.423 e. The van der Waals surface area contributed by atoms with Crippen LogP contribution in [-0.4, -0.2) is 37.6 Å². The monoisotopic (exact) mass is 306 g/mol. The molecule has 0 aromatic heterocycles. The normalized spacial score (nSPS) is 13.5. The van der Waals surface area contributed by atoms with E-state index in [-0.39, 0.29) is 5.57 Å². The van der Waals surface area contributed by atoms with Crippen LogP contribution in [0, 0.1) is 0 Å². The molecule has 9 heteroatoms. The second-order valence-electron chi connectivity index (χ2n) is 3.56. The molecule has 0 saturated heterocycles. The lowest BCUT2D eigenvalue weighted by molar-refractivity contribution is -0.322. The van der Waals surface area contributed by atoms with Crippen LogP contribution in [0.2, 0.25) is 0 Å². The van der Waals surface area contributed by atoms with E-state index in [4.69, 9.17) is 0 Å². The highest BCUT2D eigenvalue weighted by atomic mass is 19.4. The van der Waals surface area contributed by atoms with Crippen LogP contribution in [0.5, 0.6) is 0 Å². The van der Waals surface area contributed by atoms with Crippen molar-refractivity contribution < 1.29 is 40.6 Å². The Balaban J connectivity index is 4.32. The van der Waals surface area contributed by atoms with Gasteiger partial charge in [-0.15, -0.1) is 0 Å². The fourth-order valence-corrected chi connectivity index (χ4v) is 1.03. The molecule has 0 spiro atoms. The van der Waals surface area contributed by atoms with Crippen molar-refractivity contribution in [2.75, 3.05) is 13.2 Å². The van der Waals surface area contributed by atoms with Crippen LogP contribution in [0.1, 0.15) is 6.92 Å². The van der Waals surface area contributed by atoms with Gasteiger partial charge in [0.25, 0.3) is 0 Å². The zero-order valence-electron chi connectivity index (χ0n) is 10.3. The molecule has 0 radical (unpaired) electrons. The van der Waals surface area contributed by atoms with Gasteiger partial charge in [0.2, 0.25) is 6.10 Å². The summed E-state index contributed by atoms with van der Waals surface area (Å²) in [6, 6.07) is 0. The molecule has 0 heterocycles. The Morgan fingerprint density at radius 1 is 1.15 bits per heavy atom. The predicted octanol–water partition coefficient (Wildman–Crippen LogP) is 3.17. The first-order chi connectivity index (χ1) is 9.00. The van der Waals surface area contributed by atoms with Gasteiger partial charge in [0.15, 0.2) is 0 Å². The highest BCUT2D eigenvalue weighted by molar-refractivity contribution is 5.88. The molecule has 0 aromatic rings. The molecule has 0 fully saturated rings. The largest absolute Gasteiger partial charge is 0.460 e. The summed E-state index contributed by atoms with van der Waals surface area (Å²) in [6.07, 6.45) is -12.5. The fourth-order valence-electron chi connectivity index (χ4n) is 1.03. The summed E-state index contributed by atoms with van der Waals surface area (Å²) in [5.74, 6) is -0.885. The Bertz CT molecular complexity index is 355. The quantitative estimate of drug-likeness (QED) is 0.249. The summed E-state index contributed by atoms with van der Waals surface area (Å²) in [5, 5.41) is 0. The van der Waals surface area contributed by atoms with Crippen LogP contribution in [-0.2, 0) is 14.3 Å².